The minimum atomic E-state index is 0. The SMILES string of the molecule is CCOc1cccc(=[O+]CC)c2c(C)oc(C)c12.[Cl-]. The molecule has 2 aromatic rings. The molecule has 1 aromatic heterocycles. The van der Waals surface area contributed by atoms with E-state index in [1.165, 1.54) is 0 Å². The fraction of sp³-hybridized carbons (Fsp3) is 0.400. The van der Waals surface area contributed by atoms with Crippen LogP contribution in [0.1, 0.15) is 25.4 Å². The van der Waals surface area contributed by atoms with Gasteiger partial charge in [0.15, 0.2) is 0 Å². The molecule has 3 nitrogen and oxygen atoms in total. The molecule has 1 aromatic carbocycles. The molecule has 0 aliphatic carbocycles. The van der Waals surface area contributed by atoms with Crippen molar-refractivity contribution in [3.05, 3.63) is 39.6 Å². The molecule has 0 atom stereocenters. The van der Waals surface area contributed by atoms with E-state index in [1.807, 2.05) is 45.9 Å². The first kappa shape index (κ1) is 15.6. The van der Waals surface area contributed by atoms with Gasteiger partial charge in [0, 0.05) is 13.0 Å². The molecule has 0 aliphatic heterocycles. The lowest BCUT2D eigenvalue weighted by Crippen LogP contribution is -3.00. The maximum absolute atomic E-state index is 5.72. The summed E-state index contributed by atoms with van der Waals surface area (Å²) < 4.78 is 17.1. The zero-order valence-electron chi connectivity index (χ0n) is 11.7. The Bertz CT molecular complexity index is 629. The summed E-state index contributed by atoms with van der Waals surface area (Å²) in [7, 11) is 0. The standard InChI is InChI=1S/C15H19O3.ClH/c1-5-16-12-8-7-9-13(17-6-2)15-11(4)18-10(3)14(12)15;/h7-9H,5-6H2,1-4H3;1H/q+1;/p-1. The first-order valence-corrected chi connectivity index (χ1v) is 6.30. The predicted molar refractivity (Wildman–Crippen MR) is 73.7 cm³/mol. The van der Waals surface area contributed by atoms with Crippen LogP contribution in [0.15, 0.2) is 27.0 Å². The summed E-state index contributed by atoms with van der Waals surface area (Å²) in [6, 6.07) is 5.86. The second kappa shape index (κ2) is 6.62. The second-order valence-corrected chi connectivity index (χ2v) is 4.08. The average molecular weight is 283 g/mol. The van der Waals surface area contributed by atoms with Gasteiger partial charge in [-0.2, -0.15) is 0 Å². The van der Waals surface area contributed by atoms with Crippen LogP contribution in [0.3, 0.4) is 0 Å². The van der Waals surface area contributed by atoms with E-state index < -0.39 is 0 Å². The largest absolute Gasteiger partial charge is 1.00 e. The summed E-state index contributed by atoms with van der Waals surface area (Å²) in [4.78, 5) is 0. The Balaban J connectivity index is 0.00000180. The monoisotopic (exact) mass is 282 g/mol. The zero-order valence-corrected chi connectivity index (χ0v) is 12.5. The lowest BCUT2D eigenvalue weighted by molar-refractivity contribution is -0.00000508. The van der Waals surface area contributed by atoms with Crippen molar-refractivity contribution in [2.24, 2.45) is 0 Å². The summed E-state index contributed by atoms with van der Waals surface area (Å²) in [5.41, 5.74) is 0.841. The van der Waals surface area contributed by atoms with Gasteiger partial charge < -0.3 is 21.6 Å². The van der Waals surface area contributed by atoms with E-state index in [9.17, 15) is 0 Å². The smallest absolute Gasteiger partial charge is 0.354 e. The van der Waals surface area contributed by atoms with E-state index in [0.29, 0.717) is 13.2 Å². The van der Waals surface area contributed by atoms with Crippen molar-refractivity contribution in [2.75, 3.05) is 13.2 Å². The van der Waals surface area contributed by atoms with Crippen LogP contribution in [0.4, 0.5) is 0 Å². The van der Waals surface area contributed by atoms with Crippen molar-refractivity contribution in [1.82, 2.24) is 0 Å². The molecule has 1 heterocycles. The number of ether oxygens (including phenoxy) is 1. The van der Waals surface area contributed by atoms with Crippen LogP contribution < -0.4 is 22.6 Å². The highest BCUT2D eigenvalue weighted by molar-refractivity contribution is 5.91. The van der Waals surface area contributed by atoms with Crippen LogP contribution in [-0.2, 0) is 0 Å². The Morgan fingerprint density at radius 3 is 2.42 bits per heavy atom. The molecule has 0 N–H and O–H groups in total. The first-order chi connectivity index (χ1) is 8.69. The Labute approximate surface area is 119 Å². The highest BCUT2D eigenvalue weighted by atomic mass is 35.5. The van der Waals surface area contributed by atoms with Gasteiger partial charge in [0.1, 0.15) is 22.7 Å². The molecule has 4 heteroatoms. The molecule has 0 bridgehead atoms. The van der Waals surface area contributed by atoms with E-state index in [1.54, 1.807) is 0 Å². The third-order valence-electron chi connectivity index (χ3n) is 2.85. The highest BCUT2D eigenvalue weighted by Crippen LogP contribution is 2.29. The molecule has 0 aliphatic rings. The molecule has 0 radical (unpaired) electrons. The van der Waals surface area contributed by atoms with Crippen molar-refractivity contribution in [2.45, 2.75) is 27.7 Å². The molecule has 104 valence electrons. The van der Waals surface area contributed by atoms with Gasteiger partial charge in [0.25, 0.3) is 6.61 Å². The number of halogens is 1. The topological polar surface area (TPSA) is 33.7 Å². The van der Waals surface area contributed by atoms with Crippen molar-refractivity contribution in [3.63, 3.8) is 0 Å². The summed E-state index contributed by atoms with van der Waals surface area (Å²) in [6.07, 6.45) is 0. The van der Waals surface area contributed by atoms with Crippen molar-refractivity contribution in [3.8, 4) is 5.75 Å². The third kappa shape index (κ3) is 2.92. The average Bonchev–Trinajstić information content (AvgIpc) is 2.52. The Morgan fingerprint density at radius 2 is 1.79 bits per heavy atom. The fourth-order valence-corrected chi connectivity index (χ4v) is 2.22. The molecular formula is C15H19ClO3. The van der Waals surface area contributed by atoms with Crippen LogP contribution in [0.5, 0.6) is 5.75 Å². The van der Waals surface area contributed by atoms with Crippen LogP contribution in [-0.4, -0.2) is 13.2 Å². The zero-order chi connectivity index (χ0) is 13.1. The minimum Gasteiger partial charge on any atom is -1.00 e. The van der Waals surface area contributed by atoms with E-state index in [4.69, 9.17) is 13.6 Å². The van der Waals surface area contributed by atoms with Crippen LogP contribution in [0, 0.1) is 13.8 Å². The third-order valence-corrected chi connectivity index (χ3v) is 2.85. The number of hydrogen-bond donors (Lipinski definition) is 0. The molecule has 0 saturated carbocycles. The lowest BCUT2D eigenvalue weighted by Gasteiger charge is -2.00. The van der Waals surface area contributed by atoms with Gasteiger partial charge in [-0.25, -0.2) is 0 Å². The predicted octanol–water partition coefficient (Wildman–Crippen LogP) is 0.368. The summed E-state index contributed by atoms with van der Waals surface area (Å²) in [5, 5.41) is 2.01. The first-order valence-electron chi connectivity index (χ1n) is 6.30. The maximum Gasteiger partial charge on any atom is 0.354 e. The van der Waals surface area contributed by atoms with Crippen LogP contribution >= 0.6 is 0 Å². The molecule has 0 fully saturated rings. The Morgan fingerprint density at radius 1 is 1.11 bits per heavy atom. The van der Waals surface area contributed by atoms with Crippen molar-refractivity contribution >= 4 is 10.8 Å². The van der Waals surface area contributed by atoms with Crippen LogP contribution in [0.2, 0.25) is 0 Å². The van der Waals surface area contributed by atoms with Gasteiger partial charge in [0.05, 0.1) is 12.0 Å². The summed E-state index contributed by atoms with van der Waals surface area (Å²) >= 11 is 0. The number of aryl methyl sites for hydroxylation is 2. The quantitative estimate of drug-likeness (QED) is 0.762. The summed E-state index contributed by atoms with van der Waals surface area (Å²) in [6.45, 7) is 9.12. The number of hydrogen-bond acceptors (Lipinski definition) is 2. The molecule has 0 unspecified atom stereocenters. The second-order valence-electron chi connectivity index (χ2n) is 4.08. The van der Waals surface area contributed by atoms with E-state index in [-0.39, 0.29) is 12.4 Å². The number of rotatable bonds is 3. The molecule has 2 rings (SSSR count). The van der Waals surface area contributed by atoms with E-state index in [2.05, 4.69) is 0 Å². The van der Waals surface area contributed by atoms with Crippen molar-refractivity contribution in [1.29, 1.82) is 0 Å². The van der Waals surface area contributed by atoms with Crippen LogP contribution in [0.25, 0.3) is 10.8 Å². The molecule has 19 heavy (non-hydrogen) atoms. The van der Waals surface area contributed by atoms with Gasteiger partial charge in [0.2, 0.25) is 0 Å². The van der Waals surface area contributed by atoms with Crippen molar-refractivity contribution < 1.29 is 21.6 Å². The molecule has 0 amide bonds. The van der Waals surface area contributed by atoms with Gasteiger partial charge in [-0.15, -0.1) is 0 Å². The maximum atomic E-state index is 5.72. The van der Waals surface area contributed by atoms with Gasteiger partial charge in [-0.1, -0.05) is 0 Å². The van der Waals surface area contributed by atoms with Gasteiger partial charge in [-0.3, -0.25) is 4.42 Å². The van der Waals surface area contributed by atoms with Gasteiger partial charge in [-0.05, 0) is 32.9 Å². The molecule has 0 spiro atoms. The Hall–Kier alpha value is -1.48. The number of fused-ring (bicyclic) bond motifs is 1. The molecular weight excluding hydrogens is 264 g/mol. The van der Waals surface area contributed by atoms with Gasteiger partial charge >= 0.3 is 5.43 Å². The summed E-state index contributed by atoms with van der Waals surface area (Å²) in [5.74, 6) is 2.57. The van der Waals surface area contributed by atoms with E-state index >= 15 is 0 Å². The fourth-order valence-electron chi connectivity index (χ4n) is 2.22. The Kier molecular flexibility index (Phi) is 5.43. The number of furan rings is 1. The highest BCUT2D eigenvalue weighted by Gasteiger charge is 2.17. The van der Waals surface area contributed by atoms with E-state index in [0.717, 1.165) is 33.5 Å². The lowest BCUT2D eigenvalue weighted by atomic mass is 10.2. The minimum absolute atomic E-state index is 0. The molecule has 0 saturated heterocycles. The normalized spacial score (nSPS) is 11.5.